The number of ether oxygens (including phenoxy) is 1. The lowest BCUT2D eigenvalue weighted by Gasteiger charge is -2.23. The molecule has 1 unspecified atom stereocenters. The number of aromatic nitrogens is 1. The highest BCUT2D eigenvalue weighted by molar-refractivity contribution is 5.37. The molecule has 0 spiro atoms. The minimum atomic E-state index is -4.40. The van der Waals surface area contributed by atoms with Crippen LogP contribution in [-0.4, -0.2) is 24.2 Å². The molecule has 2 rings (SSSR count). The molecule has 6 heteroatoms. The highest BCUT2D eigenvalue weighted by Crippen LogP contribution is 2.28. The van der Waals surface area contributed by atoms with Gasteiger partial charge in [-0.3, -0.25) is 0 Å². The van der Waals surface area contributed by atoms with Gasteiger partial charge in [0.25, 0.3) is 0 Å². The largest absolute Gasteiger partial charge is 0.433 e. The molecule has 94 valence electrons. The quantitative estimate of drug-likeness (QED) is 0.871. The first-order valence-corrected chi connectivity index (χ1v) is 5.44. The average molecular weight is 246 g/mol. The SMILES string of the molecule is FC(F)(F)c1cccc(NC2CCCOC2)n1. The number of hydrogen-bond acceptors (Lipinski definition) is 3. The summed E-state index contributed by atoms with van der Waals surface area (Å²) in [5, 5.41) is 2.96. The van der Waals surface area contributed by atoms with Gasteiger partial charge in [-0.25, -0.2) is 4.98 Å². The Kier molecular flexibility index (Phi) is 3.51. The van der Waals surface area contributed by atoms with Crippen LogP contribution in [0, 0.1) is 0 Å². The standard InChI is InChI=1S/C11H13F3N2O/c12-11(13,14)9-4-1-5-10(16-9)15-8-3-2-6-17-7-8/h1,4-5,8H,2-3,6-7H2,(H,15,16). The summed E-state index contributed by atoms with van der Waals surface area (Å²) in [4.78, 5) is 3.55. The summed E-state index contributed by atoms with van der Waals surface area (Å²) in [7, 11) is 0. The second kappa shape index (κ2) is 4.91. The van der Waals surface area contributed by atoms with Gasteiger partial charge in [0.1, 0.15) is 11.5 Å². The fourth-order valence-electron chi connectivity index (χ4n) is 1.74. The molecule has 0 saturated carbocycles. The van der Waals surface area contributed by atoms with Crippen LogP contribution < -0.4 is 5.32 Å². The molecule has 1 aromatic rings. The molecule has 1 aliphatic rings. The smallest absolute Gasteiger partial charge is 0.379 e. The number of hydrogen-bond donors (Lipinski definition) is 1. The maximum atomic E-state index is 12.4. The molecule has 1 saturated heterocycles. The number of pyridine rings is 1. The van der Waals surface area contributed by atoms with Crippen molar-refractivity contribution < 1.29 is 17.9 Å². The lowest BCUT2D eigenvalue weighted by Crippen LogP contribution is -2.30. The molecule has 0 radical (unpaired) electrons. The maximum Gasteiger partial charge on any atom is 0.433 e. The Balaban J connectivity index is 2.05. The molecule has 1 atom stereocenters. The minimum Gasteiger partial charge on any atom is -0.379 e. The van der Waals surface area contributed by atoms with Gasteiger partial charge in [0, 0.05) is 6.61 Å². The van der Waals surface area contributed by atoms with Crippen LogP contribution in [0.2, 0.25) is 0 Å². The van der Waals surface area contributed by atoms with Gasteiger partial charge in [0.15, 0.2) is 0 Å². The number of alkyl halides is 3. The number of nitrogens with one attached hydrogen (secondary N) is 1. The van der Waals surface area contributed by atoms with Crippen LogP contribution in [0.1, 0.15) is 18.5 Å². The first-order chi connectivity index (χ1) is 8.05. The Morgan fingerprint density at radius 3 is 2.82 bits per heavy atom. The van der Waals surface area contributed by atoms with Crippen LogP contribution >= 0.6 is 0 Å². The Hall–Kier alpha value is -1.30. The van der Waals surface area contributed by atoms with E-state index in [2.05, 4.69) is 10.3 Å². The van der Waals surface area contributed by atoms with E-state index in [1.807, 2.05) is 0 Å². The van der Waals surface area contributed by atoms with E-state index in [0.29, 0.717) is 13.2 Å². The first kappa shape index (κ1) is 12.2. The van der Waals surface area contributed by atoms with E-state index in [1.54, 1.807) is 0 Å². The molecule has 0 bridgehead atoms. The zero-order valence-corrected chi connectivity index (χ0v) is 9.13. The third kappa shape index (κ3) is 3.33. The Morgan fingerprint density at radius 2 is 2.18 bits per heavy atom. The van der Waals surface area contributed by atoms with Gasteiger partial charge >= 0.3 is 6.18 Å². The van der Waals surface area contributed by atoms with E-state index in [1.165, 1.54) is 12.1 Å². The highest BCUT2D eigenvalue weighted by Gasteiger charge is 2.32. The second-order valence-electron chi connectivity index (χ2n) is 3.96. The molecule has 3 nitrogen and oxygen atoms in total. The monoisotopic (exact) mass is 246 g/mol. The van der Waals surface area contributed by atoms with Gasteiger partial charge in [-0.15, -0.1) is 0 Å². The van der Waals surface area contributed by atoms with E-state index in [9.17, 15) is 13.2 Å². The van der Waals surface area contributed by atoms with Crippen molar-refractivity contribution in [3.8, 4) is 0 Å². The summed E-state index contributed by atoms with van der Waals surface area (Å²) in [5.74, 6) is 0.246. The van der Waals surface area contributed by atoms with Gasteiger partial charge in [0.2, 0.25) is 0 Å². The first-order valence-electron chi connectivity index (χ1n) is 5.44. The zero-order chi connectivity index (χ0) is 12.3. The Labute approximate surface area is 97.0 Å². The van der Waals surface area contributed by atoms with Gasteiger partial charge in [-0.1, -0.05) is 6.07 Å². The van der Waals surface area contributed by atoms with E-state index in [4.69, 9.17) is 4.74 Å². The Morgan fingerprint density at radius 1 is 1.35 bits per heavy atom. The fraction of sp³-hybridized carbons (Fsp3) is 0.545. The predicted molar refractivity (Wildman–Crippen MR) is 56.7 cm³/mol. The van der Waals surface area contributed by atoms with Gasteiger partial charge in [0.05, 0.1) is 12.6 Å². The molecule has 0 amide bonds. The van der Waals surface area contributed by atoms with Crippen LogP contribution in [0.15, 0.2) is 18.2 Å². The number of halogens is 3. The summed E-state index contributed by atoms with van der Waals surface area (Å²) < 4.78 is 42.5. The van der Waals surface area contributed by atoms with Crippen molar-refractivity contribution in [2.24, 2.45) is 0 Å². The second-order valence-corrected chi connectivity index (χ2v) is 3.96. The predicted octanol–water partition coefficient (Wildman–Crippen LogP) is 2.69. The van der Waals surface area contributed by atoms with Crippen molar-refractivity contribution in [3.05, 3.63) is 23.9 Å². The van der Waals surface area contributed by atoms with E-state index in [0.717, 1.165) is 18.9 Å². The van der Waals surface area contributed by atoms with Gasteiger partial charge in [-0.2, -0.15) is 13.2 Å². The molecule has 1 aliphatic heterocycles. The van der Waals surface area contributed by atoms with Crippen molar-refractivity contribution in [1.82, 2.24) is 4.98 Å². The van der Waals surface area contributed by atoms with Gasteiger partial charge < -0.3 is 10.1 Å². The van der Waals surface area contributed by atoms with Crippen molar-refractivity contribution in [3.63, 3.8) is 0 Å². The Bertz CT molecular complexity index is 375. The van der Waals surface area contributed by atoms with Crippen LogP contribution in [0.25, 0.3) is 0 Å². The fourth-order valence-corrected chi connectivity index (χ4v) is 1.74. The summed E-state index contributed by atoms with van der Waals surface area (Å²) in [6, 6.07) is 3.88. The van der Waals surface area contributed by atoms with Crippen LogP contribution in [0.3, 0.4) is 0 Å². The van der Waals surface area contributed by atoms with Gasteiger partial charge in [-0.05, 0) is 25.0 Å². The summed E-state index contributed by atoms with van der Waals surface area (Å²) in [6.07, 6.45) is -2.60. The molecule has 1 N–H and O–H groups in total. The lowest BCUT2D eigenvalue weighted by molar-refractivity contribution is -0.141. The lowest BCUT2D eigenvalue weighted by atomic mass is 10.1. The minimum absolute atomic E-state index is 0.0414. The number of nitrogens with zero attached hydrogens (tertiary/aromatic N) is 1. The average Bonchev–Trinajstić information content (AvgIpc) is 2.29. The molecule has 17 heavy (non-hydrogen) atoms. The molecule has 1 fully saturated rings. The molecule has 1 aromatic heterocycles. The third-order valence-electron chi connectivity index (χ3n) is 2.55. The highest BCUT2D eigenvalue weighted by atomic mass is 19.4. The normalized spacial score (nSPS) is 21.2. The topological polar surface area (TPSA) is 34.1 Å². The molecule has 2 heterocycles. The summed E-state index contributed by atoms with van der Waals surface area (Å²) in [6.45, 7) is 1.23. The van der Waals surface area contributed by atoms with E-state index >= 15 is 0 Å². The van der Waals surface area contributed by atoms with E-state index < -0.39 is 11.9 Å². The summed E-state index contributed by atoms with van der Waals surface area (Å²) in [5.41, 5.74) is -0.876. The molecular weight excluding hydrogens is 233 g/mol. The van der Waals surface area contributed by atoms with E-state index in [-0.39, 0.29) is 11.9 Å². The number of anilines is 1. The van der Waals surface area contributed by atoms with Crippen molar-refractivity contribution in [2.45, 2.75) is 25.1 Å². The van der Waals surface area contributed by atoms with Crippen LogP contribution in [0.5, 0.6) is 0 Å². The summed E-state index contributed by atoms with van der Waals surface area (Å²) >= 11 is 0. The van der Waals surface area contributed by atoms with Crippen molar-refractivity contribution >= 4 is 5.82 Å². The maximum absolute atomic E-state index is 12.4. The molecule has 0 aromatic carbocycles. The van der Waals surface area contributed by atoms with Crippen LogP contribution in [-0.2, 0) is 10.9 Å². The molecular formula is C11H13F3N2O. The molecule has 0 aliphatic carbocycles. The van der Waals surface area contributed by atoms with Crippen LogP contribution in [0.4, 0.5) is 19.0 Å². The van der Waals surface area contributed by atoms with Crippen molar-refractivity contribution in [2.75, 3.05) is 18.5 Å². The zero-order valence-electron chi connectivity index (χ0n) is 9.13. The third-order valence-corrected chi connectivity index (χ3v) is 2.55. The van der Waals surface area contributed by atoms with Crippen molar-refractivity contribution in [1.29, 1.82) is 0 Å². The number of rotatable bonds is 2.